The maximum Gasteiger partial charge on any atom is 0.303 e. The number of aryl methyl sites for hydroxylation is 1. The molecule has 112 valence electrons. The van der Waals surface area contributed by atoms with Crippen LogP contribution in [0.1, 0.15) is 58.6 Å². The number of rotatable bonds is 5. The lowest BCUT2D eigenvalue weighted by atomic mass is 9.72. The first kappa shape index (κ1) is 16.5. The van der Waals surface area contributed by atoms with Gasteiger partial charge >= 0.3 is 5.97 Å². The van der Waals surface area contributed by atoms with Gasteiger partial charge in [0, 0.05) is 6.42 Å². The summed E-state index contributed by atoms with van der Waals surface area (Å²) in [6, 6.07) is 5.56. The first-order chi connectivity index (χ1) is 9.01. The number of hydrogen-bond donors (Lipinski definition) is 2. The summed E-state index contributed by atoms with van der Waals surface area (Å²) in [6.45, 7) is 11.0. The van der Waals surface area contributed by atoms with Crippen LogP contribution < -0.4 is 0 Å². The normalized spacial score (nSPS) is 12.4. The Balaban J connectivity index is 3.01. The number of carbonyl (C=O) groups is 1. The molecule has 0 aliphatic rings. The Morgan fingerprint density at radius 2 is 1.75 bits per heavy atom. The van der Waals surface area contributed by atoms with Crippen molar-refractivity contribution in [3.63, 3.8) is 0 Å². The van der Waals surface area contributed by atoms with E-state index in [1.54, 1.807) is 6.07 Å². The van der Waals surface area contributed by atoms with Gasteiger partial charge in [-0.1, -0.05) is 46.8 Å². The Kier molecular flexibility index (Phi) is 4.85. The van der Waals surface area contributed by atoms with Crippen LogP contribution in [-0.2, 0) is 16.6 Å². The molecule has 0 spiro atoms. The molecule has 0 amide bonds. The molecule has 0 radical (unpaired) electrons. The smallest absolute Gasteiger partial charge is 0.303 e. The molecular formula is C17H26O3. The van der Waals surface area contributed by atoms with Gasteiger partial charge in [0.1, 0.15) is 5.75 Å². The van der Waals surface area contributed by atoms with E-state index in [0.717, 1.165) is 12.0 Å². The Morgan fingerprint density at radius 3 is 2.25 bits per heavy atom. The van der Waals surface area contributed by atoms with E-state index in [-0.39, 0.29) is 23.0 Å². The first-order valence-corrected chi connectivity index (χ1v) is 7.05. The van der Waals surface area contributed by atoms with Crippen molar-refractivity contribution in [2.75, 3.05) is 0 Å². The van der Waals surface area contributed by atoms with E-state index in [1.165, 1.54) is 0 Å². The second-order valence-corrected chi connectivity index (χ2v) is 7.36. The molecule has 3 nitrogen and oxygen atoms in total. The van der Waals surface area contributed by atoms with E-state index in [2.05, 4.69) is 34.6 Å². The van der Waals surface area contributed by atoms with Gasteiger partial charge in [0.25, 0.3) is 0 Å². The summed E-state index contributed by atoms with van der Waals surface area (Å²) in [6.07, 6.45) is 1.42. The van der Waals surface area contributed by atoms with Crippen LogP contribution in [0.5, 0.6) is 5.75 Å². The highest BCUT2D eigenvalue weighted by atomic mass is 16.4. The number of carboxylic acid groups (broad SMARTS) is 1. The fourth-order valence-electron chi connectivity index (χ4n) is 2.88. The van der Waals surface area contributed by atoms with Crippen molar-refractivity contribution in [3.8, 4) is 5.75 Å². The van der Waals surface area contributed by atoms with E-state index >= 15 is 0 Å². The van der Waals surface area contributed by atoms with Gasteiger partial charge in [-0.05, 0) is 40.9 Å². The maximum absolute atomic E-state index is 10.7. The molecule has 2 N–H and O–H groups in total. The Labute approximate surface area is 121 Å². The summed E-state index contributed by atoms with van der Waals surface area (Å²) in [5.41, 5.74) is 2.06. The highest BCUT2D eigenvalue weighted by Crippen LogP contribution is 2.37. The average Bonchev–Trinajstić information content (AvgIpc) is 2.24. The zero-order valence-corrected chi connectivity index (χ0v) is 13.2. The lowest BCUT2D eigenvalue weighted by Gasteiger charge is -2.33. The lowest BCUT2D eigenvalue weighted by Crippen LogP contribution is -2.25. The summed E-state index contributed by atoms with van der Waals surface area (Å²) in [4.78, 5) is 10.7. The second kappa shape index (κ2) is 5.86. The molecule has 0 aliphatic carbocycles. The third kappa shape index (κ3) is 4.87. The van der Waals surface area contributed by atoms with Gasteiger partial charge in [-0.3, -0.25) is 4.79 Å². The molecule has 0 saturated carbocycles. The molecule has 0 atom stereocenters. The number of hydrogen-bond acceptors (Lipinski definition) is 2. The maximum atomic E-state index is 10.7. The van der Waals surface area contributed by atoms with Crippen molar-refractivity contribution in [1.29, 1.82) is 0 Å². The Morgan fingerprint density at radius 1 is 1.15 bits per heavy atom. The SMILES string of the molecule is CC(C)(C)CC(C)(C)c1ccc(O)c(CCC(=O)O)c1. The number of phenols is 1. The molecular weight excluding hydrogens is 252 g/mol. The molecule has 0 fully saturated rings. The summed E-state index contributed by atoms with van der Waals surface area (Å²) < 4.78 is 0. The minimum absolute atomic E-state index is 0.01000. The van der Waals surface area contributed by atoms with Crippen molar-refractivity contribution in [3.05, 3.63) is 29.3 Å². The standard InChI is InChI=1S/C17H26O3/c1-16(2,3)11-17(4,5)13-7-8-14(18)12(10-13)6-9-15(19)20/h7-8,10,18H,6,9,11H2,1-5H3,(H,19,20). The van der Waals surface area contributed by atoms with E-state index in [9.17, 15) is 9.90 Å². The van der Waals surface area contributed by atoms with Crippen LogP contribution in [0.15, 0.2) is 18.2 Å². The fraction of sp³-hybridized carbons (Fsp3) is 0.588. The molecule has 0 heterocycles. The molecule has 0 saturated heterocycles. The molecule has 0 bridgehead atoms. The highest BCUT2D eigenvalue weighted by molar-refractivity contribution is 5.67. The summed E-state index contributed by atoms with van der Waals surface area (Å²) in [5.74, 6) is -0.662. The molecule has 0 unspecified atom stereocenters. The molecule has 20 heavy (non-hydrogen) atoms. The summed E-state index contributed by atoms with van der Waals surface area (Å²) in [7, 11) is 0. The van der Waals surface area contributed by atoms with E-state index in [1.807, 2.05) is 12.1 Å². The highest BCUT2D eigenvalue weighted by Gasteiger charge is 2.27. The van der Waals surface area contributed by atoms with E-state index in [0.29, 0.717) is 12.0 Å². The van der Waals surface area contributed by atoms with Gasteiger partial charge in [-0.15, -0.1) is 0 Å². The van der Waals surface area contributed by atoms with Gasteiger partial charge < -0.3 is 10.2 Å². The quantitative estimate of drug-likeness (QED) is 0.851. The zero-order valence-electron chi connectivity index (χ0n) is 13.2. The van der Waals surface area contributed by atoms with Gasteiger partial charge in [-0.25, -0.2) is 0 Å². The molecule has 3 heteroatoms. The van der Waals surface area contributed by atoms with Crippen LogP contribution in [0.2, 0.25) is 0 Å². The van der Waals surface area contributed by atoms with Gasteiger partial charge in [-0.2, -0.15) is 0 Å². The summed E-state index contributed by atoms with van der Waals surface area (Å²) >= 11 is 0. The second-order valence-electron chi connectivity index (χ2n) is 7.36. The number of aromatic hydroxyl groups is 1. The van der Waals surface area contributed by atoms with Crippen molar-refractivity contribution >= 4 is 5.97 Å². The van der Waals surface area contributed by atoms with E-state index in [4.69, 9.17) is 5.11 Å². The van der Waals surface area contributed by atoms with E-state index < -0.39 is 5.97 Å². The van der Waals surface area contributed by atoms with Gasteiger partial charge in [0.15, 0.2) is 0 Å². The molecule has 0 aliphatic heterocycles. The topological polar surface area (TPSA) is 57.5 Å². The van der Waals surface area contributed by atoms with Crippen LogP contribution in [0, 0.1) is 5.41 Å². The molecule has 0 aromatic heterocycles. The zero-order chi connectivity index (χ0) is 15.6. The van der Waals surface area contributed by atoms with Crippen LogP contribution in [0.4, 0.5) is 0 Å². The fourth-order valence-corrected chi connectivity index (χ4v) is 2.88. The number of aliphatic carboxylic acids is 1. The van der Waals surface area contributed by atoms with Crippen LogP contribution in [-0.4, -0.2) is 16.2 Å². The predicted octanol–water partition coefficient (Wildman–Crippen LogP) is 4.12. The Hall–Kier alpha value is -1.51. The first-order valence-electron chi connectivity index (χ1n) is 7.05. The Bertz CT molecular complexity index is 481. The van der Waals surface area contributed by atoms with Crippen LogP contribution in [0.25, 0.3) is 0 Å². The van der Waals surface area contributed by atoms with Crippen molar-refractivity contribution in [1.82, 2.24) is 0 Å². The third-order valence-electron chi connectivity index (χ3n) is 3.44. The monoisotopic (exact) mass is 278 g/mol. The molecule has 1 aromatic carbocycles. The number of phenolic OH excluding ortho intramolecular Hbond substituents is 1. The van der Waals surface area contributed by atoms with Gasteiger partial charge in [0.2, 0.25) is 0 Å². The van der Waals surface area contributed by atoms with Crippen molar-refractivity contribution < 1.29 is 15.0 Å². The lowest BCUT2D eigenvalue weighted by molar-refractivity contribution is -0.136. The van der Waals surface area contributed by atoms with Crippen LogP contribution >= 0.6 is 0 Å². The molecule has 1 rings (SSSR count). The third-order valence-corrected chi connectivity index (χ3v) is 3.44. The average molecular weight is 278 g/mol. The summed E-state index contributed by atoms with van der Waals surface area (Å²) in [5, 5.41) is 18.6. The van der Waals surface area contributed by atoms with Crippen molar-refractivity contribution in [2.45, 2.75) is 59.3 Å². The number of benzene rings is 1. The van der Waals surface area contributed by atoms with Crippen LogP contribution in [0.3, 0.4) is 0 Å². The molecule has 1 aromatic rings. The number of carboxylic acids is 1. The minimum atomic E-state index is -0.844. The van der Waals surface area contributed by atoms with Crippen molar-refractivity contribution in [2.24, 2.45) is 5.41 Å². The minimum Gasteiger partial charge on any atom is -0.508 e. The van der Waals surface area contributed by atoms with Gasteiger partial charge in [0.05, 0.1) is 0 Å². The predicted molar refractivity (Wildman–Crippen MR) is 81.2 cm³/mol. The largest absolute Gasteiger partial charge is 0.508 e.